The van der Waals surface area contributed by atoms with Crippen LogP contribution in [0.2, 0.25) is 5.02 Å². The van der Waals surface area contributed by atoms with Gasteiger partial charge in [-0.15, -0.1) is 0 Å². The third-order valence-corrected chi connectivity index (χ3v) is 3.60. The molecular weight excluding hydrogens is 342 g/mol. The summed E-state index contributed by atoms with van der Waals surface area (Å²) in [6.45, 7) is 2.05. The molecule has 20 heavy (non-hydrogen) atoms. The second-order valence-corrected chi connectivity index (χ2v) is 5.75. The molecule has 0 aliphatic carbocycles. The van der Waals surface area contributed by atoms with E-state index in [2.05, 4.69) is 32.8 Å². The number of halogens is 2. The zero-order chi connectivity index (χ0) is 14.5. The van der Waals surface area contributed by atoms with Gasteiger partial charge in [0.15, 0.2) is 5.75 Å². The van der Waals surface area contributed by atoms with Gasteiger partial charge < -0.3 is 10.5 Å². The molecule has 2 N–H and O–H groups in total. The lowest BCUT2D eigenvalue weighted by Crippen LogP contribution is -2.21. The number of aromatic nitrogens is 2. The van der Waals surface area contributed by atoms with Crippen LogP contribution >= 0.6 is 27.5 Å². The molecule has 1 unspecified atom stereocenters. The van der Waals surface area contributed by atoms with Gasteiger partial charge in [-0.25, -0.2) is 9.97 Å². The number of hydrogen-bond donors (Lipinski definition) is 1. The topological polar surface area (TPSA) is 61.0 Å². The summed E-state index contributed by atoms with van der Waals surface area (Å²) in [5, 5.41) is 0.508. The second-order valence-electron chi connectivity index (χ2n) is 4.42. The van der Waals surface area contributed by atoms with Crippen molar-refractivity contribution in [1.29, 1.82) is 0 Å². The summed E-state index contributed by atoms with van der Waals surface area (Å²) < 4.78 is 6.44. The monoisotopic (exact) mass is 355 g/mol. The van der Waals surface area contributed by atoms with Crippen molar-refractivity contribution in [3.8, 4) is 11.8 Å². The number of rotatable bonds is 5. The van der Waals surface area contributed by atoms with Crippen molar-refractivity contribution in [3.05, 3.63) is 45.7 Å². The minimum Gasteiger partial charge on any atom is -0.423 e. The highest BCUT2D eigenvalue weighted by atomic mass is 79.9. The molecule has 1 aromatic carbocycles. The van der Waals surface area contributed by atoms with E-state index in [1.165, 1.54) is 0 Å². The molecule has 0 amide bonds. The van der Waals surface area contributed by atoms with Gasteiger partial charge in [0.05, 0.1) is 5.02 Å². The molecule has 0 saturated carbocycles. The lowest BCUT2D eigenvalue weighted by Gasteiger charge is -2.09. The largest absolute Gasteiger partial charge is 0.423 e. The predicted molar refractivity (Wildman–Crippen MR) is 83.2 cm³/mol. The molecule has 0 fully saturated rings. The Balaban J connectivity index is 2.09. The zero-order valence-electron chi connectivity index (χ0n) is 11.0. The van der Waals surface area contributed by atoms with Gasteiger partial charge in [-0.2, -0.15) is 0 Å². The molecule has 1 heterocycles. The van der Waals surface area contributed by atoms with E-state index in [9.17, 15) is 0 Å². The first-order chi connectivity index (χ1) is 9.58. The predicted octanol–water partition coefficient (Wildman–Crippen LogP) is 3.96. The summed E-state index contributed by atoms with van der Waals surface area (Å²) in [4.78, 5) is 8.34. The second kappa shape index (κ2) is 7.02. The van der Waals surface area contributed by atoms with E-state index in [1.807, 2.05) is 6.07 Å². The zero-order valence-corrected chi connectivity index (χ0v) is 13.4. The maximum atomic E-state index is 6.05. The van der Waals surface area contributed by atoms with Crippen LogP contribution in [0.25, 0.3) is 0 Å². The number of nitrogens with two attached hydrogens (primary N) is 1. The van der Waals surface area contributed by atoms with Crippen LogP contribution in [-0.2, 0) is 6.42 Å². The van der Waals surface area contributed by atoms with Gasteiger partial charge in [0.25, 0.3) is 0 Å². The van der Waals surface area contributed by atoms with Crippen molar-refractivity contribution in [2.24, 2.45) is 5.73 Å². The van der Waals surface area contributed by atoms with Crippen molar-refractivity contribution < 1.29 is 4.74 Å². The van der Waals surface area contributed by atoms with Gasteiger partial charge in [0.2, 0.25) is 0 Å². The fourth-order valence-corrected chi connectivity index (χ4v) is 2.10. The van der Waals surface area contributed by atoms with Crippen molar-refractivity contribution in [3.63, 3.8) is 0 Å². The summed E-state index contributed by atoms with van der Waals surface area (Å²) in [6, 6.07) is 5.75. The third-order valence-electron chi connectivity index (χ3n) is 2.80. The Hall–Kier alpha value is -1.17. The summed E-state index contributed by atoms with van der Waals surface area (Å²) in [5.41, 5.74) is 6.89. The Morgan fingerprint density at radius 1 is 1.35 bits per heavy atom. The summed E-state index contributed by atoms with van der Waals surface area (Å²) in [5.74, 6) is 0.513. The number of benzene rings is 1. The Labute approximate surface area is 131 Å². The molecule has 1 atom stereocenters. The van der Waals surface area contributed by atoms with E-state index in [-0.39, 0.29) is 12.1 Å². The average Bonchev–Trinajstić information content (AvgIpc) is 2.45. The van der Waals surface area contributed by atoms with Crippen LogP contribution in [0.15, 0.2) is 35.1 Å². The molecule has 1 aromatic heterocycles. The molecule has 0 saturated heterocycles. The molecule has 0 radical (unpaired) electrons. The van der Waals surface area contributed by atoms with Gasteiger partial charge in [0, 0.05) is 22.9 Å². The number of nitrogens with zero attached hydrogens (tertiary/aromatic N) is 2. The van der Waals surface area contributed by atoms with Crippen molar-refractivity contribution in [2.75, 3.05) is 0 Å². The summed E-state index contributed by atoms with van der Waals surface area (Å²) in [7, 11) is 0. The fraction of sp³-hybridized carbons (Fsp3) is 0.286. The minimum atomic E-state index is 0.130. The highest BCUT2D eigenvalue weighted by Gasteiger charge is 2.07. The minimum absolute atomic E-state index is 0.130. The maximum Gasteiger partial charge on any atom is 0.321 e. The molecular formula is C14H15BrClN3O. The Morgan fingerprint density at radius 3 is 2.70 bits per heavy atom. The standard InChI is InChI=1S/C14H15BrClN3O/c1-2-11(17)5-9-7-18-14(19-8-9)20-13-6-10(15)3-4-12(13)16/h3-4,6-8,11H,2,5,17H2,1H3. The van der Waals surface area contributed by atoms with Gasteiger partial charge in [-0.3, -0.25) is 0 Å². The Kier molecular flexibility index (Phi) is 5.34. The molecule has 0 aliphatic heterocycles. The van der Waals surface area contributed by atoms with Crippen LogP contribution < -0.4 is 10.5 Å². The van der Waals surface area contributed by atoms with Gasteiger partial charge in [-0.05, 0) is 36.6 Å². The summed E-state index contributed by atoms with van der Waals surface area (Å²) in [6.07, 6.45) is 5.13. The highest BCUT2D eigenvalue weighted by Crippen LogP contribution is 2.30. The average molecular weight is 357 g/mol. The first kappa shape index (κ1) is 15.2. The third kappa shape index (κ3) is 4.16. The van der Waals surface area contributed by atoms with Gasteiger partial charge in [-0.1, -0.05) is 34.5 Å². The lowest BCUT2D eigenvalue weighted by atomic mass is 10.1. The molecule has 0 bridgehead atoms. The quantitative estimate of drug-likeness (QED) is 0.880. The Bertz CT molecular complexity index is 577. The smallest absolute Gasteiger partial charge is 0.321 e. The van der Waals surface area contributed by atoms with Gasteiger partial charge in [0.1, 0.15) is 0 Å². The Morgan fingerprint density at radius 2 is 2.05 bits per heavy atom. The molecule has 106 valence electrons. The first-order valence-electron chi connectivity index (χ1n) is 6.28. The highest BCUT2D eigenvalue weighted by molar-refractivity contribution is 9.10. The normalized spacial score (nSPS) is 12.2. The van der Waals surface area contributed by atoms with Crippen LogP contribution in [-0.4, -0.2) is 16.0 Å². The van der Waals surface area contributed by atoms with Crippen molar-refractivity contribution >= 4 is 27.5 Å². The van der Waals surface area contributed by atoms with Crippen LogP contribution in [0.5, 0.6) is 11.8 Å². The summed E-state index contributed by atoms with van der Waals surface area (Å²) >= 11 is 9.41. The van der Waals surface area contributed by atoms with E-state index in [0.717, 1.165) is 22.9 Å². The number of ether oxygens (including phenoxy) is 1. The van der Waals surface area contributed by atoms with Crippen LogP contribution in [0.3, 0.4) is 0 Å². The molecule has 0 spiro atoms. The van der Waals surface area contributed by atoms with E-state index in [1.54, 1.807) is 24.5 Å². The van der Waals surface area contributed by atoms with Crippen LogP contribution in [0, 0.1) is 0 Å². The van der Waals surface area contributed by atoms with Crippen LogP contribution in [0.1, 0.15) is 18.9 Å². The van der Waals surface area contributed by atoms with Crippen molar-refractivity contribution in [1.82, 2.24) is 9.97 Å². The molecule has 2 rings (SSSR count). The molecule has 6 heteroatoms. The van der Waals surface area contributed by atoms with Crippen molar-refractivity contribution in [2.45, 2.75) is 25.8 Å². The van der Waals surface area contributed by atoms with Gasteiger partial charge >= 0.3 is 6.01 Å². The number of hydrogen-bond acceptors (Lipinski definition) is 4. The van der Waals surface area contributed by atoms with E-state index in [4.69, 9.17) is 22.1 Å². The lowest BCUT2D eigenvalue weighted by molar-refractivity contribution is 0.440. The molecule has 2 aromatic rings. The SMILES string of the molecule is CCC(N)Cc1cnc(Oc2cc(Br)ccc2Cl)nc1. The van der Waals surface area contributed by atoms with Crippen LogP contribution in [0.4, 0.5) is 0 Å². The maximum absolute atomic E-state index is 6.05. The molecule has 4 nitrogen and oxygen atoms in total. The van der Waals surface area contributed by atoms with E-state index < -0.39 is 0 Å². The fourth-order valence-electron chi connectivity index (χ4n) is 1.60. The van der Waals surface area contributed by atoms with E-state index in [0.29, 0.717) is 10.8 Å². The molecule has 0 aliphatic rings. The van der Waals surface area contributed by atoms with E-state index >= 15 is 0 Å². The first-order valence-corrected chi connectivity index (χ1v) is 7.45.